The van der Waals surface area contributed by atoms with Gasteiger partial charge in [0.2, 0.25) is 5.91 Å². The van der Waals surface area contributed by atoms with Crippen molar-refractivity contribution in [2.24, 2.45) is 0 Å². The third kappa shape index (κ3) is 6.56. The number of amides is 2. The molecule has 3 rings (SSSR count). The monoisotopic (exact) mass is 476 g/mol. The van der Waals surface area contributed by atoms with Gasteiger partial charge in [0.25, 0.3) is 5.91 Å². The van der Waals surface area contributed by atoms with Gasteiger partial charge in [-0.05, 0) is 68.4 Å². The fraction of sp³-hybridized carbons (Fsp3) is 0.417. The van der Waals surface area contributed by atoms with Crippen LogP contribution >= 0.6 is 23.4 Å². The summed E-state index contributed by atoms with van der Waals surface area (Å²) >= 11 is 7.75. The van der Waals surface area contributed by atoms with Gasteiger partial charge in [0, 0.05) is 11.8 Å². The predicted molar refractivity (Wildman–Crippen MR) is 130 cm³/mol. The van der Waals surface area contributed by atoms with E-state index in [1.807, 2.05) is 6.26 Å². The van der Waals surface area contributed by atoms with Crippen LogP contribution in [0.4, 0.5) is 5.69 Å². The van der Waals surface area contributed by atoms with Gasteiger partial charge in [-0.15, -0.1) is 0 Å². The van der Waals surface area contributed by atoms with E-state index in [1.54, 1.807) is 61.3 Å². The lowest BCUT2D eigenvalue weighted by atomic mass is 10.1. The molecule has 0 spiro atoms. The van der Waals surface area contributed by atoms with Crippen molar-refractivity contribution in [2.75, 3.05) is 24.4 Å². The number of benzene rings is 2. The van der Waals surface area contributed by atoms with Crippen LogP contribution in [-0.2, 0) is 4.79 Å². The first-order valence-corrected chi connectivity index (χ1v) is 12.5. The first-order chi connectivity index (χ1) is 15.5. The molecule has 1 unspecified atom stereocenters. The Morgan fingerprint density at radius 2 is 1.91 bits per heavy atom. The highest BCUT2D eigenvalue weighted by Gasteiger charge is 2.23. The van der Waals surface area contributed by atoms with E-state index in [1.165, 1.54) is 0 Å². The van der Waals surface area contributed by atoms with Crippen LogP contribution in [0.2, 0.25) is 5.02 Å². The van der Waals surface area contributed by atoms with Crippen molar-refractivity contribution in [1.29, 1.82) is 0 Å². The van der Waals surface area contributed by atoms with E-state index in [4.69, 9.17) is 21.1 Å². The van der Waals surface area contributed by atoms with Crippen molar-refractivity contribution in [2.45, 2.75) is 44.2 Å². The minimum atomic E-state index is -0.701. The highest BCUT2D eigenvalue weighted by Crippen LogP contribution is 2.34. The van der Waals surface area contributed by atoms with Crippen molar-refractivity contribution in [1.82, 2.24) is 5.32 Å². The Kier molecular flexibility index (Phi) is 9.11. The number of carbonyl (C=O) groups excluding carboxylic acids is 2. The number of carbonyl (C=O) groups is 2. The minimum absolute atomic E-state index is 0.166. The third-order valence-corrected chi connectivity index (χ3v) is 6.35. The number of nitrogens with one attached hydrogen (secondary N) is 2. The quantitative estimate of drug-likeness (QED) is 0.495. The molecule has 1 fully saturated rings. The second-order valence-corrected chi connectivity index (χ2v) is 9.06. The minimum Gasteiger partial charge on any atom is -0.493 e. The van der Waals surface area contributed by atoms with E-state index >= 15 is 0 Å². The first kappa shape index (κ1) is 24.3. The van der Waals surface area contributed by atoms with Gasteiger partial charge in [0.1, 0.15) is 6.04 Å². The van der Waals surface area contributed by atoms with E-state index in [0.717, 1.165) is 31.4 Å². The number of halogens is 1. The molecular formula is C24H29ClN2O4S. The Hall–Kier alpha value is -2.38. The van der Waals surface area contributed by atoms with Crippen molar-refractivity contribution < 1.29 is 19.1 Å². The molecule has 1 aliphatic rings. The zero-order valence-electron chi connectivity index (χ0n) is 18.4. The fourth-order valence-electron chi connectivity index (χ4n) is 3.65. The molecule has 0 bridgehead atoms. The maximum absolute atomic E-state index is 13.0. The topological polar surface area (TPSA) is 76.7 Å². The molecule has 172 valence electrons. The lowest BCUT2D eigenvalue weighted by Crippen LogP contribution is -2.44. The van der Waals surface area contributed by atoms with Gasteiger partial charge < -0.3 is 20.1 Å². The second kappa shape index (κ2) is 12.0. The summed E-state index contributed by atoms with van der Waals surface area (Å²) in [4.78, 5) is 25.7. The second-order valence-electron chi connectivity index (χ2n) is 7.67. The van der Waals surface area contributed by atoms with Crippen LogP contribution in [0.15, 0.2) is 42.5 Å². The lowest BCUT2D eigenvalue weighted by molar-refractivity contribution is -0.118. The number of methoxy groups -OCH3 is 1. The van der Waals surface area contributed by atoms with E-state index in [2.05, 4.69) is 10.6 Å². The molecule has 1 atom stereocenters. The highest BCUT2D eigenvalue weighted by atomic mass is 35.5. The third-order valence-electron chi connectivity index (χ3n) is 5.38. The molecule has 32 heavy (non-hydrogen) atoms. The van der Waals surface area contributed by atoms with Crippen molar-refractivity contribution >= 4 is 40.9 Å². The molecule has 2 aromatic carbocycles. The Bertz CT molecular complexity index is 934. The van der Waals surface area contributed by atoms with Crippen molar-refractivity contribution in [3.8, 4) is 11.5 Å². The zero-order chi connectivity index (χ0) is 22.9. The summed E-state index contributed by atoms with van der Waals surface area (Å²) in [6.45, 7) is 0. The average Bonchev–Trinajstić information content (AvgIpc) is 3.30. The standard InChI is InChI=1S/C24H29ClN2O4S/c1-30-21-12-11-16(15-22(21)31-17-7-3-4-8-17)26-24(29)20(13-14-32-2)27-23(28)18-9-5-6-10-19(18)25/h5-6,9-12,15,17,20H,3-4,7-8,13-14H2,1-2H3,(H,26,29)(H,27,28). The summed E-state index contributed by atoms with van der Waals surface area (Å²) in [5, 5.41) is 6.07. The molecule has 1 aliphatic carbocycles. The largest absolute Gasteiger partial charge is 0.493 e. The van der Waals surface area contributed by atoms with Gasteiger partial charge in [-0.2, -0.15) is 11.8 Å². The number of rotatable bonds is 10. The SMILES string of the molecule is COc1ccc(NC(=O)C(CCSC)NC(=O)c2ccccc2Cl)cc1OC1CCCC1. The average molecular weight is 477 g/mol. The molecule has 0 radical (unpaired) electrons. The maximum atomic E-state index is 13.0. The highest BCUT2D eigenvalue weighted by molar-refractivity contribution is 7.98. The van der Waals surface area contributed by atoms with Crippen LogP contribution in [0.25, 0.3) is 0 Å². The zero-order valence-corrected chi connectivity index (χ0v) is 19.9. The fourth-order valence-corrected chi connectivity index (χ4v) is 4.34. The molecule has 8 heteroatoms. The molecule has 0 saturated heterocycles. The summed E-state index contributed by atoms with van der Waals surface area (Å²) in [7, 11) is 1.60. The van der Waals surface area contributed by atoms with Crippen molar-refractivity contribution in [3.63, 3.8) is 0 Å². The molecule has 0 heterocycles. The number of hydrogen-bond donors (Lipinski definition) is 2. The molecule has 2 N–H and O–H groups in total. The normalized spacial score (nSPS) is 14.6. The molecule has 2 aromatic rings. The molecular weight excluding hydrogens is 448 g/mol. The smallest absolute Gasteiger partial charge is 0.253 e. The maximum Gasteiger partial charge on any atom is 0.253 e. The van der Waals surface area contributed by atoms with Gasteiger partial charge in [0.05, 0.1) is 23.8 Å². The van der Waals surface area contributed by atoms with Crippen LogP contribution in [0, 0.1) is 0 Å². The molecule has 0 aliphatic heterocycles. The number of hydrogen-bond acceptors (Lipinski definition) is 5. The molecule has 2 amide bonds. The van der Waals surface area contributed by atoms with Crippen LogP contribution in [0.5, 0.6) is 11.5 Å². The Balaban J connectivity index is 1.72. The van der Waals surface area contributed by atoms with Crippen LogP contribution in [0.1, 0.15) is 42.5 Å². The van der Waals surface area contributed by atoms with Crippen LogP contribution in [-0.4, -0.2) is 43.1 Å². The molecule has 0 aromatic heterocycles. The first-order valence-electron chi connectivity index (χ1n) is 10.7. The lowest BCUT2D eigenvalue weighted by Gasteiger charge is -2.20. The molecule has 6 nitrogen and oxygen atoms in total. The Morgan fingerprint density at radius 3 is 2.59 bits per heavy atom. The summed E-state index contributed by atoms with van der Waals surface area (Å²) in [6.07, 6.45) is 6.97. The summed E-state index contributed by atoms with van der Waals surface area (Å²) < 4.78 is 11.5. The summed E-state index contributed by atoms with van der Waals surface area (Å²) in [5.74, 6) is 1.28. The van der Waals surface area contributed by atoms with Crippen LogP contribution in [0.3, 0.4) is 0 Å². The number of anilines is 1. The Labute approximate surface area is 198 Å². The van der Waals surface area contributed by atoms with Gasteiger partial charge in [0.15, 0.2) is 11.5 Å². The van der Waals surface area contributed by atoms with Crippen LogP contribution < -0.4 is 20.1 Å². The van der Waals surface area contributed by atoms with E-state index in [0.29, 0.717) is 34.2 Å². The van der Waals surface area contributed by atoms with Gasteiger partial charge in [-0.3, -0.25) is 9.59 Å². The van der Waals surface area contributed by atoms with Crippen molar-refractivity contribution in [3.05, 3.63) is 53.1 Å². The predicted octanol–water partition coefficient (Wildman–Crippen LogP) is 5.16. The Morgan fingerprint density at radius 1 is 1.16 bits per heavy atom. The van der Waals surface area contributed by atoms with E-state index < -0.39 is 6.04 Å². The van der Waals surface area contributed by atoms with Gasteiger partial charge >= 0.3 is 0 Å². The van der Waals surface area contributed by atoms with Gasteiger partial charge in [-0.1, -0.05) is 23.7 Å². The summed E-state index contributed by atoms with van der Waals surface area (Å²) in [6, 6.07) is 11.4. The molecule has 1 saturated carbocycles. The van der Waals surface area contributed by atoms with Gasteiger partial charge in [-0.25, -0.2) is 0 Å². The number of thioether (sulfide) groups is 1. The summed E-state index contributed by atoms with van der Waals surface area (Å²) in [5.41, 5.74) is 0.928. The van der Waals surface area contributed by atoms with E-state index in [-0.39, 0.29) is 17.9 Å². The number of ether oxygens (including phenoxy) is 2. The van der Waals surface area contributed by atoms with E-state index in [9.17, 15) is 9.59 Å².